The van der Waals surface area contributed by atoms with Gasteiger partial charge in [0.2, 0.25) is 0 Å². The monoisotopic (exact) mass is 258 g/mol. The zero-order chi connectivity index (χ0) is 13.8. The van der Waals surface area contributed by atoms with Gasteiger partial charge in [0.25, 0.3) is 0 Å². The van der Waals surface area contributed by atoms with Crippen LogP contribution in [-0.2, 0) is 9.53 Å². The molecule has 1 aliphatic rings. The van der Waals surface area contributed by atoms with Gasteiger partial charge < -0.3 is 20.5 Å². The summed E-state index contributed by atoms with van der Waals surface area (Å²) in [5.74, 6) is -1.44. The summed E-state index contributed by atoms with van der Waals surface area (Å²) in [6.45, 7) is 6.68. The first kappa shape index (κ1) is 14.8. The maximum atomic E-state index is 11.7. The van der Waals surface area contributed by atoms with Gasteiger partial charge in [0.15, 0.2) is 0 Å². The van der Waals surface area contributed by atoms with E-state index in [9.17, 15) is 9.59 Å². The molecule has 6 nitrogen and oxygen atoms in total. The van der Waals surface area contributed by atoms with E-state index in [-0.39, 0.29) is 6.04 Å². The Bertz CT molecular complexity index is 312. The van der Waals surface area contributed by atoms with Crippen molar-refractivity contribution < 1.29 is 19.4 Å². The summed E-state index contributed by atoms with van der Waals surface area (Å²) in [5.41, 5.74) is -0.578. The maximum absolute atomic E-state index is 11.7. The molecule has 0 aromatic heterocycles. The highest BCUT2D eigenvalue weighted by Gasteiger charge is 2.31. The van der Waals surface area contributed by atoms with Gasteiger partial charge in [-0.3, -0.25) is 4.79 Å². The second-order valence-corrected chi connectivity index (χ2v) is 5.52. The van der Waals surface area contributed by atoms with E-state index in [0.717, 1.165) is 0 Å². The van der Waals surface area contributed by atoms with Crippen LogP contribution in [0.1, 0.15) is 33.6 Å². The third kappa shape index (κ3) is 4.91. The van der Waals surface area contributed by atoms with Crippen molar-refractivity contribution in [2.75, 3.05) is 13.1 Å². The van der Waals surface area contributed by atoms with Gasteiger partial charge in [0, 0.05) is 6.04 Å². The molecule has 1 fully saturated rings. The number of hydrogen-bond acceptors (Lipinski definition) is 4. The number of alkyl carbamates (subject to hydrolysis) is 1. The Morgan fingerprint density at radius 2 is 1.89 bits per heavy atom. The van der Waals surface area contributed by atoms with Crippen molar-refractivity contribution in [3.05, 3.63) is 0 Å². The normalized spacial score (nSPS) is 25.1. The van der Waals surface area contributed by atoms with Gasteiger partial charge in [0.05, 0.1) is 5.92 Å². The summed E-state index contributed by atoms with van der Waals surface area (Å²) in [5, 5.41) is 15.0. The fourth-order valence-electron chi connectivity index (χ4n) is 1.97. The van der Waals surface area contributed by atoms with Crippen molar-refractivity contribution in [2.24, 2.45) is 5.92 Å². The van der Waals surface area contributed by atoms with Crippen molar-refractivity contribution in [3.8, 4) is 0 Å². The zero-order valence-corrected chi connectivity index (χ0v) is 11.2. The number of carbonyl (C=O) groups is 2. The SMILES string of the molecule is CC(C)(C)OC(=O)N[C@@H]1CCNCC[C@H]1C(=O)O. The van der Waals surface area contributed by atoms with E-state index in [0.29, 0.717) is 25.9 Å². The quantitative estimate of drug-likeness (QED) is 0.686. The number of carboxylic acid groups (broad SMARTS) is 1. The van der Waals surface area contributed by atoms with Crippen LogP contribution in [0.15, 0.2) is 0 Å². The van der Waals surface area contributed by atoms with Gasteiger partial charge in [-0.2, -0.15) is 0 Å². The molecule has 1 rings (SSSR count). The molecule has 1 amide bonds. The topological polar surface area (TPSA) is 87.7 Å². The summed E-state index contributed by atoms with van der Waals surface area (Å²) in [6, 6.07) is -0.382. The third-order valence-corrected chi connectivity index (χ3v) is 2.77. The summed E-state index contributed by atoms with van der Waals surface area (Å²) in [6.07, 6.45) is 0.548. The fraction of sp³-hybridized carbons (Fsp3) is 0.833. The third-order valence-electron chi connectivity index (χ3n) is 2.77. The molecule has 1 aliphatic heterocycles. The van der Waals surface area contributed by atoms with Gasteiger partial charge in [-0.05, 0) is 46.7 Å². The van der Waals surface area contributed by atoms with Crippen molar-refractivity contribution in [2.45, 2.75) is 45.3 Å². The van der Waals surface area contributed by atoms with Crippen LogP contribution in [-0.4, -0.2) is 41.9 Å². The molecule has 0 aliphatic carbocycles. The highest BCUT2D eigenvalue weighted by Crippen LogP contribution is 2.16. The van der Waals surface area contributed by atoms with Gasteiger partial charge >= 0.3 is 12.1 Å². The van der Waals surface area contributed by atoms with Gasteiger partial charge in [-0.25, -0.2) is 4.79 Å². The average Bonchev–Trinajstić information content (AvgIpc) is 2.39. The first-order valence-electron chi connectivity index (χ1n) is 6.22. The zero-order valence-electron chi connectivity index (χ0n) is 11.2. The van der Waals surface area contributed by atoms with Crippen LogP contribution in [0.3, 0.4) is 0 Å². The fourth-order valence-corrected chi connectivity index (χ4v) is 1.97. The molecule has 104 valence electrons. The lowest BCUT2D eigenvalue weighted by Crippen LogP contribution is -2.45. The minimum absolute atomic E-state index is 0.382. The van der Waals surface area contributed by atoms with Crippen molar-refractivity contribution in [1.29, 1.82) is 0 Å². The Hall–Kier alpha value is -1.30. The predicted octanol–water partition coefficient (Wildman–Crippen LogP) is 0.964. The second-order valence-electron chi connectivity index (χ2n) is 5.52. The van der Waals surface area contributed by atoms with Crippen LogP contribution in [0.4, 0.5) is 4.79 Å². The molecule has 0 spiro atoms. The largest absolute Gasteiger partial charge is 0.481 e. The number of carboxylic acids is 1. The summed E-state index contributed by atoms with van der Waals surface area (Å²) in [7, 11) is 0. The number of nitrogens with one attached hydrogen (secondary N) is 2. The number of ether oxygens (including phenoxy) is 1. The van der Waals surface area contributed by atoms with Crippen molar-refractivity contribution >= 4 is 12.1 Å². The lowest BCUT2D eigenvalue weighted by molar-refractivity contribution is -0.142. The molecule has 2 atom stereocenters. The van der Waals surface area contributed by atoms with Crippen LogP contribution in [0.2, 0.25) is 0 Å². The van der Waals surface area contributed by atoms with Crippen LogP contribution in [0.5, 0.6) is 0 Å². The smallest absolute Gasteiger partial charge is 0.407 e. The number of hydrogen-bond donors (Lipinski definition) is 3. The first-order valence-corrected chi connectivity index (χ1v) is 6.22. The average molecular weight is 258 g/mol. The van der Waals surface area contributed by atoms with E-state index in [1.165, 1.54) is 0 Å². The van der Waals surface area contributed by atoms with Gasteiger partial charge in [0.1, 0.15) is 5.60 Å². The minimum atomic E-state index is -0.875. The standard InChI is InChI=1S/C12H22N2O4/c1-12(2,3)18-11(17)14-9-5-7-13-6-4-8(9)10(15)16/h8-9,13H,4-7H2,1-3H3,(H,14,17)(H,15,16)/t8-,9-/m1/s1. The Morgan fingerprint density at radius 3 is 2.44 bits per heavy atom. The van der Waals surface area contributed by atoms with Crippen LogP contribution in [0, 0.1) is 5.92 Å². The van der Waals surface area contributed by atoms with Crippen molar-refractivity contribution in [3.63, 3.8) is 0 Å². The van der Waals surface area contributed by atoms with E-state index in [1.54, 1.807) is 20.8 Å². The highest BCUT2D eigenvalue weighted by molar-refractivity contribution is 5.73. The summed E-state index contributed by atoms with van der Waals surface area (Å²) >= 11 is 0. The molecule has 0 aromatic carbocycles. The molecule has 0 radical (unpaired) electrons. The Morgan fingerprint density at radius 1 is 1.28 bits per heavy atom. The van der Waals surface area contributed by atoms with E-state index in [4.69, 9.17) is 9.84 Å². The Balaban J connectivity index is 2.60. The van der Waals surface area contributed by atoms with E-state index < -0.39 is 23.6 Å². The number of aliphatic carboxylic acids is 1. The summed E-state index contributed by atoms with van der Waals surface area (Å²) < 4.78 is 5.15. The Kier molecular flexibility index (Phi) is 4.95. The Labute approximate surface area is 107 Å². The molecule has 1 heterocycles. The molecular weight excluding hydrogens is 236 g/mol. The van der Waals surface area contributed by atoms with E-state index in [2.05, 4.69) is 10.6 Å². The molecule has 0 unspecified atom stereocenters. The van der Waals surface area contributed by atoms with Crippen LogP contribution in [0.25, 0.3) is 0 Å². The highest BCUT2D eigenvalue weighted by atomic mass is 16.6. The number of amides is 1. The molecule has 6 heteroatoms. The van der Waals surface area contributed by atoms with E-state index >= 15 is 0 Å². The first-order chi connectivity index (χ1) is 8.29. The summed E-state index contributed by atoms with van der Waals surface area (Å²) in [4.78, 5) is 22.8. The second kappa shape index (κ2) is 6.04. The molecule has 0 aromatic rings. The van der Waals surface area contributed by atoms with Crippen LogP contribution >= 0.6 is 0 Å². The molecule has 3 N–H and O–H groups in total. The lowest BCUT2D eigenvalue weighted by atomic mass is 9.95. The molecule has 0 saturated carbocycles. The van der Waals surface area contributed by atoms with Gasteiger partial charge in [-0.15, -0.1) is 0 Å². The molecule has 1 saturated heterocycles. The van der Waals surface area contributed by atoms with Crippen LogP contribution < -0.4 is 10.6 Å². The molecular formula is C12H22N2O4. The lowest BCUT2D eigenvalue weighted by Gasteiger charge is -2.25. The number of rotatable bonds is 2. The number of carbonyl (C=O) groups excluding carboxylic acids is 1. The maximum Gasteiger partial charge on any atom is 0.407 e. The van der Waals surface area contributed by atoms with Gasteiger partial charge in [-0.1, -0.05) is 0 Å². The molecule has 0 bridgehead atoms. The minimum Gasteiger partial charge on any atom is -0.481 e. The van der Waals surface area contributed by atoms with Crippen molar-refractivity contribution in [1.82, 2.24) is 10.6 Å². The molecule has 18 heavy (non-hydrogen) atoms. The van der Waals surface area contributed by atoms with E-state index in [1.807, 2.05) is 0 Å². The predicted molar refractivity (Wildman–Crippen MR) is 66.4 cm³/mol.